The van der Waals surface area contributed by atoms with E-state index in [-0.39, 0.29) is 24.1 Å². The number of hydrogen-bond donors (Lipinski definition) is 3. The van der Waals surface area contributed by atoms with Crippen LogP contribution in [0.25, 0.3) is 0 Å². The maximum atomic E-state index is 12.8. The Balaban J connectivity index is 0.881. The molecule has 0 aromatic heterocycles. The van der Waals surface area contributed by atoms with Gasteiger partial charge >= 0.3 is 5.97 Å². The normalized spacial score (nSPS) is 32.5. The number of aliphatic hydroxyl groups excluding tert-OH is 3. The minimum absolute atomic E-state index is 0.0158. The van der Waals surface area contributed by atoms with Crippen molar-refractivity contribution in [2.75, 3.05) is 6.61 Å². The quantitative estimate of drug-likeness (QED) is 0.0326. The standard InChI is InChI=1S/C65H118O6/c1-8-10-11-12-13-14-15-16-17-18-19-20-21-22-23-24-25-26-27-28-29-30-31-32-33-34-35-60(66)70-48-52-46-59(62(68)63(69)61(52)67)71-54-42-44-64(6)53(47-54)38-39-55-57-41-40-56(65(57,7)45-43-58(55)64)50(5)36-37-51(9-2)49(3)4/h38,49-52,54-59,61-63,67-69H,8-37,39-48H2,1-7H3/t50-,51+,52-,54+,55+,56-,57-,58+,59-,61-,62+,63+,64+,65-/m1/s1. The molecule has 0 amide bonds. The lowest BCUT2D eigenvalue weighted by Gasteiger charge is -2.58. The van der Waals surface area contributed by atoms with Crippen molar-refractivity contribution in [3.63, 3.8) is 0 Å². The lowest BCUT2D eigenvalue weighted by Crippen LogP contribution is -2.56. The summed E-state index contributed by atoms with van der Waals surface area (Å²) in [5.41, 5.74) is 2.24. The molecule has 0 bridgehead atoms. The molecule has 4 saturated carbocycles. The molecular weight excluding hydrogens is 877 g/mol. The number of esters is 1. The lowest BCUT2D eigenvalue weighted by molar-refractivity contribution is -0.197. The molecule has 5 aliphatic rings. The molecule has 0 saturated heterocycles. The SMILES string of the molecule is CCCCCCCCCCCCCCCCCCCCCCCCCCCCC(=O)OC[C@H]1C[C@@H](O[C@H]2CC[C@@]3(C)C(=CC[C@H]4[C@H]5CC[C@H]([C@H](C)CC[C@H](CC)C(C)C)[C@@]5(C)CC[C@@H]43)C2)[C@H](O)[C@@H](O)[C@@H]1O. The van der Waals surface area contributed by atoms with E-state index in [2.05, 4.69) is 54.5 Å². The molecule has 0 radical (unpaired) electrons. The number of rotatable bonds is 37. The molecule has 0 aromatic carbocycles. The smallest absolute Gasteiger partial charge is 0.305 e. The van der Waals surface area contributed by atoms with Crippen molar-refractivity contribution in [2.45, 2.75) is 329 Å². The Kier molecular flexibility index (Phi) is 28.0. The summed E-state index contributed by atoms with van der Waals surface area (Å²) in [4.78, 5) is 12.8. The molecule has 0 unspecified atom stereocenters. The zero-order chi connectivity index (χ0) is 51.1. The van der Waals surface area contributed by atoms with Crippen LogP contribution < -0.4 is 0 Å². The van der Waals surface area contributed by atoms with E-state index < -0.39 is 30.3 Å². The fraction of sp³-hybridized carbons (Fsp3) is 0.954. The highest BCUT2D eigenvalue weighted by molar-refractivity contribution is 5.69. The van der Waals surface area contributed by atoms with Gasteiger partial charge in [-0.15, -0.1) is 0 Å². The molecule has 0 aromatic rings. The van der Waals surface area contributed by atoms with Crippen molar-refractivity contribution in [1.82, 2.24) is 0 Å². The van der Waals surface area contributed by atoms with Crippen LogP contribution in [0.2, 0.25) is 0 Å². The second-order valence-electron chi connectivity index (χ2n) is 26.2. The van der Waals surface area contributed by atoms with Crippen LogP contribution in [0, 0.1) is 58.2 Å². The van der Waals surface area contributed by atoms with Crippen LogP contribution in [0.5, 0.6) is 0 Å². The zero-order valence-electron chi connectivity index (χ0n) is 47.9. The Labute approximate surface area is 439 Å². The van der Waals surface area contributed by atoms with E-state index >= 15 is 0 Å². The topological polar surface area (TPSA) is 96.2 Å². The van der Waals surface area contributed by atoms with Gasteiger partial charge in [0, 0.05) is 12.3 Å². The largest absolute Gasteiger partial charge is 0.465 e. The number of aliphatic hydroxyl groups is 3. The predicted octanol–water partition coefficient (Wildman–Crippen LogP) is 17.6. The van der Waals surface area contributed by atoms with Gasteiger partial charge in [0.1, 0.15) is 12.2 Å². The zero-order valence-corrected chi connectivity index (χ0v) is 47.9. The van der Waals surface area contributed by atoms with Gasteiger partial charge in [-0.2, -0.15) is 0 Å². The minimum Gasteiger partial charge on any atom is -0.465 e. The van der Waals surface area contributed by atoms with Gasteiger partial charge < -0.3 is 24.8 Å². The summed E-state index contributed by atoms with van der Waals surface area (Å²) in [6, 6.07) is 0. The van der Waals surface area contributed by atoms with Crippen molar-refractivity contribution in [3.8, 4) is 0 Å². The fourth-order valence-corrected chi connectivity index (χ4v) is 16.1. The summed E-state index contributed by atoms with van der Waals surface area (Å²) in [7, 11) is 0. The van der Waals surface area contributed by atoms with E-state index in [1.807, 2.05) is 0 Å². The summed E-state index contributed by atoms with van der Waals surface area (Å²) in [6.45, 7) is 17.4. The van der Waals surface area contributed by atoms with Gasteiger partial charge in [-0.3, -0.25) is 4.79 Å². The number of carbonyl (C=O) groups excluding carboxylic acids is 1. The van der Waals surface area contributed by atoms with Crippen molar-refractivity contribution < 1.29 is 29.6 Å². The van der Waals surface area contributed by atoms with Gasteiger partial charge in [-0.1, -0.05) is 233 Å². The number of hydrogen-bond acceptors (Lipinski definition) is 6. The highest BCUT2D eigenvalue weighted by Gasteiger charge is 2.59. The Morgan fingerprint density at radius 1 is 0.634 bits per heavy atom. The number of carbonyl (C=O) groups is 1. The molecule has 5 aliphatic carbocycles. The molecule has 14 atom stereocenters. The fourth-order valence-electron chi connectivity index (χ4n) is 16.1. The number of unbranched alkanes of at least 4 members (excludes halogenated alkanes) is 25. The van der Waals surface area contributed by atoms with Crippen molar-refractivity contribution in [3.05, 3.63) is 11.6 Å². The van der Waals surface area contributed by atoms with Gasteiger partial charge in [0.05, 0.1) is 24.9 Å². The summed E-state index contributed by atoms with van der Waals surface area (Å²) in [5.74, 6) is 4.97. The van der Waals surface area contributed by atoms with Crippen molar-refractivity contribution >= 4 is 5.97 Å². The number of fused-ring (bicyclic) bond motifs is 5. The average molecular weight is 996 g/mol. The number of ether oxygens (including phenoxy) is 2. The molecule has 0 spiro atoms. The first-order valence-corrected chi connectivity index (χ1v) is 31.9. The minimum atomic E-state index is -1.32. The first-order chi connectivity index (χ1) is 34.3. The van der Waals surface area contributed by atoms with Gasteiger partial charge in [0.2, 0.25) is 0 Å². The van der Waals surface area contributed by atoms with E-state index in [4.69, 9.17) is 9.47 Å². The van der Waals surface area contributed by atoms with Crippen LogP contribution in [0.3, 0.4) is 0 Å². The van der Waals surface area contributed by atoms with Crippen molar-refractivity contribution in [1.29, 1.82) is 0 Å². The lowest BCUT2D eigenvalue weighted by atomic mass is 9.47. The molecule has 3 N–H and O–H groups in total. The summed E-state index contributed by atoms with van der Waals surface area (Å²) < 4.78 is 12.4. The second-order valence-corrected chi connectivity index (χ2v) is 26.2. The molecule has 4 fully saturated rings. The van der Waals surface area contributed by atoms with Crippen LogP contribution in [0.15, 0.2) is 11.6 Å². The molecular formula is C65H118O6. The Hall–Kier alpha value is -0.950. The second kappa shape index (κ2) is 32.6. The van der Waals surface area contributed by atoms with E-state index in [0.717, 1.165) is 80.0 Å². The van der Waals surface area contributed by atoms with Crippen LogP contribution >= 0.6 is 0 Å². The van der Waals surface area contributed by atoms with Crippen LogP contribution in [-0.4, -0.2) is 58.4 Å². The highest BCUT2D eigenvalue weighted by atomic mass is 16.5. The Morgan fingerprint density at radius 3 is 1.69 bits per heavy atom. The highest BCUT2D eigenvalue weighted by Crippen LogP contribution is 2.67. The van der Waals surface area contributed by atoms with Crippen LogP contribution in [-0.2, 0) is 14.3 Å². The first kappa shape index (κ1) is 60.9. The summed E-state index contributed by atoms with van der Waals surface area (Å²) in [6.07, 6.45) is 48.3. The Morgan fingerprint density at radius 2 is 1.17 bits per heavy atom. The summed E-state index contributed by atoms with van der Waals surface area (Å²) in [5, 5.41) is 33.1. The van der Waals surface area contributed by atoms with E-state index in [0.29, 0.717) is 18.3 Å². The molecule has 6 heteroatoms. The average Bonchev–Trinajstić information content (AvgIpc) is 3.72. The molecule has 6 nitrogen and oxygen atoms in total. The maximum Gasteiger partial charge on any atom is 0.305 e. The molecule has 414 valence electrons. The van der Waals surface area contributed by atoms with Gasteiger partial charge in [-0.05, 0) is 123 Å². The van der Waals surface area contributed by atoms with Gasteiger partial charge in [0.15, 0.2) is 0 Å². The molecule has 0 aliphatic heterocycles. The van der Waals surface area contributed by atoms with E-state index in [9.17, 15) is 20.1 Å². The molecule has 5 rings (SSSR count). The third-order valence-electron chi connectivity index (χ3n) is 20.9. The third kappa shape index (κ3) is 18.6. The van der Waals surface area contributed by atoms with E-state index in [1.165, 1.54) is 199 Å². The van der Waals surface area contributed by atoms with E-state index in [1.54, 1.807) is 5.57 Å². The maximum absolute atomic E-state index is 12.8. The first-order valence-electron chi connectivity index (χ1n) is 31.9. The number of allylic oxidation sites excluding steroid dienone is 1. The van der Waals surface area contributed by atoms with Gasteiger partial charge in [0.25, 0.3) is 0 Å². The predicted molar refractivity (Wildman–Crippen MR) is 298 cm³/mol. The third-order valence-corrected chi connectivity index (χ3v) is 20.9. The summed E-state index contributed by atoms with van der Waals surface area (Å²) >= 11 is 0. The van der Waals surface area contributed by atoms with Crippen LogP contribution in [0.4, 0.5) is 0 Å². The Bertz CT molecular complexity index is 1460. The molecule has 0 heterocycles. The monoisotopic (exact) mass is 995 g/mol. The van der Waals surface area contributed by atoms with Crippen LogP contribution in [0.1, 0.15) is 299 Å². The molecule has 71 heavy (non-hydrogen) atoms. The van der Waals surface area contributed by atoms with Crippen molar-refractivity contribution in [2.24, 2.45) is 58.2 Å². The van der Waals surface area contributed by atoms with Gasteiger partial charge in [-0.25, -0.2) is 0 Å².